The van der Waals surface area contributed by atoms with Gasteiger partial charge in [0.1, 0.15) is 0 Å². The molecule has 0 saturated carbocycles. The number of unbranched alkanes of at least 4 members (excludes halogenated alkanes) is 3. The van der Waals surface area contributed by atoms with Crippen LogP contribution in [0.4, 0.5) is 0 Å². The van der Waals surface area contributed by atoms with Crippen molar-refractivity contribution in [3.05, 3.63) is 70.8 Å². The number of hydrogen-bond donors (Lipinski definition) is 0. The maximum Gasteiger partial charge on any atom is 0.305 e. The zero-order chi connectivity index (χ0) is 21.6. The third-order valence-electron chi connectivity index (χ3n) is 5.35. The molecule has 2 aromatic carbocycles. The van der Waals surface area contributed by atoms with Crippen molar-refractivity contribution >= 4 is 11.9 Å². The van der Waals surface area contributed by atoms with Crippen LogP contribution in [0.15, 0.2) is 48.5 Å². The van der Waals surface area contributed by atoms with Crippen LogP contribution < -0.4 is 0 Å². The minimum absolute atomic E-state index is 0.119. The monoisotopic (exact) mass is 410 g/mol. The molecule has 0 saturated heterocycles. The highest BCUT2D eigenvalue weighted by Crippen LogP contribution is 2.15. The Morgan fingerprint density at radius 1 is 0.567 bits per heavy atom. The summed E-state index contributed by atoms with van der Waals surface area (Å²) in [6, 6.07) is 17.6. The summed E-state index contributed by atoms with van der Waals surface area (Å²) in [7, 11) is 2.87. The van der Waals surface area contributed by atoms with Gasteiger partial charge in [0.15, 0.2) is 0 Å². The van der Waals surface area contributed by atoms with Crippen LogP contribution in [0.5, 0.6) is 0 Å². The molecule has 4 heteroatoms. The number of rotatable bonds is 13. The Balaban J connectivity index is 1.69. The summed E-state index contributed by atoms with van der Waals surface area (Å²) in [4.78, 5) is 22.2. The van der Waals surface area contributed by atoms with E-state index in [1.807, 2.05) is 0 Å². The van der Waals surface area contributed by atoms with E-state index in [2.05, 4.69) is 58.0 Å². The van der Waals surface area contributed by atoms with Crippen LogP contribution in [0.3, 0.4) is 0 Å². The molecule has 0 radical (unpaired) electrons. The SMILES string of the molecule is COC(=O)CCCCCc1ccc(Cc2ccc(CCCCC(=O)OC)cc2)cc1. The summed E-state index contributed by atoms with van der Waals surface area (Å²) in [5.41, 5.74) is 5.28. The molecule has 30 heavy (non-hydrogen) atoms. The lowest BCUT2D eigenvalue weighted by Crippen LogP contribution is -1.99. The van der Waals surface area contributed by atoms with Gasteiger partial charge >= 0.3 is 11.9 Å². The predicted molar refractivity (Wildman–Crippen MR) is 119 cm³/mol. The van der Waals surface area contributed by atoms with Gasteiger partial charge in [0.25, 0.3) is 0 Å². The molecule has 0 aliphatic rings. The Hall–Kier alpha value is -2.62. The third kappa shape index (κ3) is 9.25. The van der Waals surface area contributed by atoms with Gasteiger partial charge in [0.05, 0.1) is 14.2 Å². The molecule has 0 N–H and O–H groups in total. The van der Waals surface area contributed by atoms with Crippen molar-refractivity contribution in [1.82, 2.24) is 0 Å². The molecule has 0 spiro atoms. The van der Waals surface area contributed by atoms with E-state index in [9.17, 15) is 9.59 Å². The minimum Gasteiger partial charge on any atom is -0.469 e. The largest absolute Gasteiger partial charge is 0.469 e. The number of carbonyl (C=O) groups is 2. The van der Waals surface area contributed by atoms with Crippen LogP contribution in [0.2, 0.25) is 0 Å². The second-order valence-electron chi connectivity index (χ2n) is 7.73. The van der Waals surface area contributed by atoms with Crippen molar-refractivity contribution in [3.63, 3.8) is 0 Å². The summed E-state index contributed by atoms with van der Waals surface area (Å²) in [6.45, 7) is 0. The molecule has 0 fully saturated rings. The first-order chi connectivity index (χ1) is 14.6. The maximum absolute atomic E-state index is 11.1. The Labute approximate surface area is 180 Å². The molecule has 4 nitrogen and oxygen atoms in total. The molecule has 0 aliphatic heterocycles. The highest BCUT2D eigenvalue weighted by Gasteiger charge is 2.03. The second kappa shape index (κ2) is 13.6. The van der Waals surface area contributed by atoms with E-state index in [1.165, 1.54) is 36.5 Å². The zero-order valence-corrected chi connectivity index (χ0v) is 18.3. The van der Waals surface area contributed by atoms with Crippen LogP contribution in [-0.4, -0.2) is 26.2 Å². The van der Waals surface area contributed by atoms with Gasteiger partial charge < -0.3 is 9.47 Å². The second-order valence-corrected chi connectivity index (χ2v) is 7.73. The molecule has 0 aromatic heterocycles. The van der Waals surface area contributed by atoms with Crippen molar-refractivity contribution < 1.29 is 19.1 Å². The van der Waals surface area contributed by atoms with E-state index in [0.717, 1.165) is 51.4 Å². The lowest BCUT2D eigenvalue weighted by molar-refractivity contribution is -0.141. The van der Waals surface area contributed by atoms with E-state index < -0.39 is 0 Å². The molecular weight excluding hydrogens is 376 g/mol. The van der Waals surface area contributed by atoms with Gasteiger partial charge in [-0.15, -0.1) is 0 Å². The lowest BCUT2D eigenvalue weighted by atomic mass is 9.99. The quantitative estimate of drug-likeness (QED) is 0.326. The Morgan fingerprint density at radius 2 is 0.933 bits per heavy atom. The normalized spacial score (nSPS) is 10.6. The van der Waals surface area contributed by atoms with E-state index in [-0.39, 0.29) is 11.9 Å². The molecule has 0 atom stereocenters. The summed E-state index contributed by atoms with van der Waals surface area (Å²) < 4.78 is 9.33. The number of hydrogen-bond acceptors (Lipinski definition) is 4. The Bertz CT molecular complexity index is 763. The molecule has 2 rings (SSSR count). The lowest BCUT2D eigenvalue weighted by Gasteiger charge is -2.07. The Morgan fingerprint density at radius 3 is 1.37 bits per heavy atom. The minimum atomic E-state index is -0.130. The first-order valence-corrected chi connectivity index (χ1v) is 10.9. The maximum atomic E-state index is 11.1. The molecule has 0 aliphatic carbocycles. The highest BCUT2D eigenvalue weighted by molar-refractivity contribution is 5.69. The summed E-state index contributed by atoms with van der Waals surface area (Å²) >= 11 is 0. The average molecular weight is 411 g/mol. The first-order valence-electron chi connectivity index (χ1n) is 10.9. The molecule has 0 bridgehead atoms. The summed E-state index contributed by atoms with van der Waals surface area (Å²) in [5, 5.41) is 0. The number of esters is 2. The van der Waals surface area contributed by atoms with Crippen LogP contribution in [0.25, 0.3) is 0 Å². The fourth-order valence-electron chi connectivity index (χ4n) is 3.46. The molecule has 2 aromatic rings. The summed E-state index contributed by atoms with van der Waals surface area (Å²) in [6.07, 6.45) is 8.89. The zero-order valence-electron chi connectivity index (χ0n) is 18.3. The van der Waals surface area contributed by atoms with E-state index in [1.54, 1.807) is 0 Å². The van der Waals surface area contributed by atoms with Gasteiger partial charge in [0, 0.05) is 12.8 Å². The molecule has 162 valence electrons. The van der Waals surface area contributed by atoms with Gasteiger partial charge in [-0.3, -0.25) is 9.59 Å². The standard InChI is InChI=1S/C26H34O4/c1-29-25(27)10-5-3-4-8-21-12-16-23(17-13-21)20-24-18-14-22(15-19-24)9-6-7-11-26(28)30-2/h12-19H,3-11,20H2,1-2H3. The van der Waals surface area contributed by atoms with E-state index >= 15 is 0 Å². The van der Waals surface area contributed by atoms with Crippen molar-refractivity contribution in [2.75, 3.05) is 14.2 Å². The van der Waals surface area contributed by atoms with E-state index in [0.29, 0.717) is 12.8 Å². The third-order valence-corrected chi connectivity index (χ3v) is 5.35. The van der Waals surface area contributed by atoms with Gasteiger partial charge in [0.2, 0.25) is 0 Å². The van der Waals surface area contributed by atoms with Crippen molar-refractivity contribution in [2.24, 2.45) is 0 Å². The molecule has 0 heterocycles. The van der Waals surface area contributed by atoms with Crippen LogP contribution >= 0.6 is 0 Å². The predicted octanol–water partition coefficient (Wildman–Crippen LogP) is 5.44. The number of ether oxygens (including phenoxy) is 2. The van der Waals surface area contributed by atoms with Gasteiger partial charge in [-0.05, 0) is 67.2 Å². The highest BCUT2D eigenvalue weighted by atomic mass is 16.5. The summed E-state index contributed by atoms with van der Waals surface area (Å²) in [5.74, 6) is -0.249. The van der Waals surface area contributed by atoms with Crippen molar-refractivity contribution in [2.45, 2.75) is 64.2 Å². The molecular formula is C26H34O4. The van der Waals surface area contributed by atoms with Crippen LogP contribution in [-0.2, 0) is 38.3 Å². The van der Waals surface area contributed by atoms with E-state index in [4.69, 9.17) is 0 Å². The average Bonchev–Trinajstić information content (AvgIpc) is 2.78. The number of carbonyl (C=O) groups excluding carboxylic acids is 2. The van der Waals surface area contributed by atoms with Crippen molar-refractivity contribution in [1.29, 1.82) is 0 Å². The van der Waals surface area contributed by atoms with Crippen molar-refractivity contribution in [3.8, 4) is 0 Å². The number of aryl methyl sites for hydroxylation is 2. The first kappa shape index (κ1) is 23.7. The van der Waals surface area contributed by atoms with Crippen LogP contribution in [0.1, 0.15) is 67.2 Å². The van der Waals surface area contributed by atoms with Crippen LogP contribution in [0, 0.1) is 0 Å². The topological polar surface area (TPSA) is 52.6 Å². The van der Waals surface area contributed by atoms with Gasteiger partial charge in [-0.2, -0.15) is 0 Å². The smallest absolute Gasteiger partial charge is 0.305 e. The number of methoxy groups -OCH3 is 2. The fourth-order valence-corrected chi connectivity index (χ4v) is 3.46. The molecule has 0 unspecified atom stereocenters. The van der Waals surface area contributed by atoms with Gasteiger partial charge in [-0.25, -0.2) is 0 Å². The number of benzene rings is 2. The Kier molecular flexibility index (Phi) is 10.7. The fraction of sp³-hybridized carbons (Fsp3) is 0.462. The van der Waals surface area contributed by atoms with Gasteiger partial charge in [-0.1, -0.05) is 55.0 Å². The molecule has 0 amide bonds.